The second kappa shape index (κ2) is 3.02. The summed E-state index contributed by atoms with van der Waals surface area (Å²) in [6, 6.07) is 14.5. The topological polar surface area (TPSA) is 16.8 Å². The molecule has 72 valence electrons. The molecule has 1 aromatic carbocycles. The largest absolute Gasteiger partial charge is 0.330 e. The Morgan fingerprint density at radius 1 is 1.00 bits per heavy atom. The third kappa shape index (κ3) is 1.26. The molecule has 3 aromatic rings. The number of hydrogen-bond acceptors (Lipinski definition) is 1. The fourth-order valence-electron chi connectivity index (χ4n) is 1.87. The summed E-state index contributed by atoms with van der Waals surface area (Å²) in [6.45, 7) is 0. The van der Waals surface area contributed by atoms with Crippen molar-refractivity contribution in [3.8, 4) is 0 Å². The van der Waals surface area contributed by atoms with E-state index >= 15 is 0 Å². The van der Waals surface area contributed by atoms with E-state index in [2.05, 4.69) is 23.2 Å². The molecule has 2 nitrogen and oxygen atoms in total. The summed E-state index contributed by atoms with van der Waals surface area (Å²) in [5.41, 5.74) is 2.07. The average Bonchev–Trinajstić information content (AvgIpc) is 2.27. The Hall–Kier alpha value is -1.96. The minimum absolute atomic E-state index is 1.02. The van der Waals surface area contributed by atoms with Crippen molar-refractivity contribution < 1.29 is 4.57 Å². The van der Waals surface area contributed by atoms with Gasteiger partial charge in [-0.15, -0.1) is 0 Å². The molecule has 15 heavy (non-hydrogen) atoms. The number of aromatic nitrogens is 2. The van der Waals surface area contributed by atoms with Gasteiger partial charge in [-0.2, -0.15) is 0 Å². The Kier molecular flexibility index (Phi) is 1.68. The minimum Gasteiger partial charge on any atom is -0.233 e. The van der Waals surface area contributed by atoms with Crippen molar-refractivity contribution in [1.29, 1.82) is 0 Å². The molecular formula is C13H11N2+. The van der Waals surface area contributed by atoms with E-state index in [1.165, 1.54) is 10.8 Å². The van der Waals surface area contributed by atoms with Crippen LogP contribution in [0.1, 0.15) is 0 Å². The van der Waals surface area contributed by atoms with Gasteiger partial charge in [0.1, 0.15) is 0 Å². The zero-order chi connectivity index (χ0) is 10.3. The molecule has 2 heteroatoms. The number of benzene rings is 1. The van der Waals surface area contributed by atoms with E-state index in [0.717, 1.165) is 11.2 Å². The minimum atomic E-state index is 1.02. The maximum Gasteiger partial charge on any atom is 0.330 e. The van der Waals surface area contributed by atoms with E-state index in [-0.39, 0.29) is 0 Å². The Morgan fingerprint density at radius 3 is 2.73 bits per heavy atom. The van der Waals surface area contributed by atoms with Gasteiger partial charge in [0.25, 0.3) is 0 Å². The molecule has 0 aliphatic heterocycles. The van der Waals surface area contributed by atoms with Gasteiger partial charge >= 0.3 is 5.65 Å². The number of para-hydroxylation sites is 1. The van der Waals surface area contributed by atoms with Gasteiger partial charge in [0, 0.05) is 5.39 Å². The van der Waals surface area contributed by atoms with Crippen molar-refractivity contribution in [2.24, 2.45) is 7.05 Å². The maximum atomic E-state index is 4.64. The second-order valence-electron chi connectivity index (χ2n) is 3.71. The lowest BCUT2D eigenvalue weighted by molar-refractivity contribution is -0.646. The summed E-state index contributed by atoms with van der Waals surface area (Å²) in [5.74, 6) is 0. The van der Waals surface area contributed by atoms with E-state index < -0.39 is 0 Å². The molecule has 0 unspecified atom stereocenters. The van der Waals surface area contributed by atoms with Gasteiger partial charge in [0.2, 0.25) is 0 Å². The van der Waals surface area contributed by atoms with Gasteiger partial charge in [-0.3, -0.25) is 0 Å². The molecule has 0 saturated heterocycles. The van der Waals surface area contributed by atoms with Crippen LogP contribution in [0.15, 0.2) is 48.7 Å². The molecule has 2 aromatic heterocycles. The van der Waals surface area contributed by atoms with Crippen LogP contribution in [0.2, 0.25) is 0 Å². The summed E-state index contributed by atoms with van der Waals surface area (Å²) in [4.78, 5) is 4.64. The zero-order valence-electron chi connectivity index (χ0n) is 8.51. The number of hydrogen-bond donors (Lipinski definition) is 0. The highest BCUT2D eigenvalue weighted by Crippen LogP contribution is 2.16. The molecule has 0 saturated carbocycles. The molecule has 0 aliphatic carbocycles. The van der Waals surface area contributed by atoms with E-state index in [0.29, 0.717) is 0 Å². The fraction of sp³-hybridized carbons (Fsp3) is 0.0769. The number of aryl methyl sites for hydroxylation is 1. The van der Waals surface area contributed by atoms with Crippen LogP contribution in [-0.4, -0.2) is 4.98 Å². The first-order valence-electron chi connectivity index (χ1n) is 4.99. The van der Waals surface area contributed by atoms with E-state index in [1.807, 2.05) is 42.1 Å². The van der Waals surface area contributed by atoms with Gasteiger partial charge in [0.15, 0.2) is 5.52 Å². The third-order valence-corrected chi connectivity index (χ3v) is 2.65. The quantitative estimate of drug-likeness (QED) is 0.397. The Balaban J connectivity index is 2.53. The molecule has 0 atom stereocenters. The third-order valence-electron chi connectivity index (χ3n) is 2.65. The van der Waals surface area contributed by atoms with Crippen LogP contribution in [0, 0.1) is 0 Å². The van der Waals surface area contributed by atoms with E-state index in [9.17, 15) is 0 Å². The molecule has 0 amide bonds. The normalized spacial score (nSPS) is 11.0. The summed E-state index contributed by atoms with van der Waals surface area (Å²) < 4.78 is 2.04. The molecule has 0 aliphatic rings. The van der Waals surface area contributed by atoms with Gasteiger partial charge in [-0.1, -0.05) is 18.2 Å². The van der Waals surface area contributed by atoms with Crippen molar-refractivity contribution in [1.82, 2.24) is 4.98 Å². The van der Waals surface area contributed by atoms with E-state index in [4.69, 9.17) is 0 Å². The first kappa shape index (κ1) is 8.36. The smallest absolute Gasteiger partial charge is 0.233 e. The van der Waals surface area contributed by atoms with Crippen molar-refractivity contribution in [2.45, 2.75) is 0 Å². The lowest BCUT2D eigenvalue weighted by Gasteiger charge is -1.97. The molecule has 2 heterocycles. The van der Waals surface area contributed by atoms with E-state index in [1.54, 1.807) is 0 Å². The SMILES string of the molecule is C[n+]1cccc2cc3ccccc3nc21. The predicted octanol–water partition coefficient (Wildman–Crippen LogP) is 2.21. The van der Waals surface area contributed by atoms with Crippen LogP contribution >= 0.6 is 0 Å². The highest BCUT2D eigenvalue weighted by molar-refractivity contribution is 5.89. The lowest BCUT2D eigenvalue weighted by Crippen LogP contribution is -2.28. The molecule has 0 radical (unpaired) electrons. The maximum absolute atomic E-state index is 4.64. The second-order valence-corrected chi connectivity index (χ2v) is 3.71. The van der Waals surface area contributed by atoms with Gasteiger partial charge < -0.3 is 0 Å². The summed E-state index contributed by atoms with van der Waals surface area (Å²) in [6.07, 6.45) is 2.02. The van der Waals surface area contributed by atoms with Crippen LogP contribution < -0.4 is 4.57 Å². The van der Waals surface area contributed by atoms with Crippen LogP contribution in [0.4, 0.5) is 0 Å². The lowest BCUT2D eigenvalue weighted by atomic mass is 10.2. The standard InChI is InChI=1S/C13H11N2/c1-15-8-4-6-11-9-10-5-2-3-7-12(10)14-13(11)15/h2-9H,1H3/q+1. The molecular weight excluding hydrogens is 184 g/mol. The Morgan fingerprint density at radius 2 is 1.80 bits per heavy atom. The molecule has 0 spiro atoms. The molecule has 0 bridgehead atoms. The fourth-order valence-corrected chi connectivity index (χ4v) is 1.87. The first-order valence-corrected chi connectivity index (χ1v) is 4.99. The average molecular weight is 195 g/mol. The molecule has 0 fully saturated rings. The van der Waals surface area contributed by atoms with Crippen molar-refractivity contribution in [3.05, 3.63) is 48.7 Å². The zero-order valence-corrected chi connectivity index (χ0v) is 8.51. The van der Waals surface area contributed by atoms with Crippen LogP contribution in [0.25, 0.3) is 21.9 Å². The summed E-state index contributed by atoms with van der Waals surface area (Å²) in [5, 5.41) is 2.37. The predicted molar refractivity (Wildman–Crippen MR) is 60.4 cm³/mol. The van der Waals surface area contributed by atoms with Crippen LogP contribution in [0.3, 0.4) is 0 Å². The Labute approximate surface area is 87.8 Å². The first-order chi connectivity index (χ1) is 7.34. The number of nitrogens with zero attached hydrogens (tertiary/aromatic N) is 2. The monoisotopic (exact) mass is 195 g/mol. The highest BCUT2D eigenvalue weighted by Gasteiger charge is 2.08. The van der Waals surface area contributed by atoms with Crippen molar-refractivity contribution >= 4 is 21.9 Å². The molecule has 0 N–H and O–H groups in total. The number of pyridine rings is 2. The summed E-state index contributed by atoms with van der Waals surface area (Å²) in [7, 11) is 2.02. The Bertz CT molecular complexity index is 644. The highest BCUT2D eigenvalue weighted by atomic mass is 15.0. The van der Waals surface area contributed by atoms with Crippen molar-refractivity contribution in [3.63, 3.8) is 0 Å². The number of fused-ring (bicyclic) bond motifs is 2. The van der Waals surface area contributed by atoms with Gasteiger partial charge in [-0.25, -0.2) is 4.57 Å². The summed E-state index contributed by atoms with van der Waals surface area (Å²) >= 11 is 0. The van der Waals surface area contributed by atoms with Gasteiger partial charge in [-0.05, 0) is 29.2 Å². The van der Waals surface area contributed by atoms with Gasteiger partial charge in [0.05, 0.1) is 18.6 Å². The van der Waals surface area contributed by atoms with Crippen LogP contribution in [0.5, 0.6) is 0 Å². The van der Waals surface area contributed by atoms with Crippen LogP contribution in [-0.2, 0) is 7.05 Å². The number of rotatable bonds is 0. The molecule has 3 rings (SSSR count). The van der Waals surface area contributed by atoms with Crippen molar-refractivity contribution in [2.75, 3.05) is 0 Å².